The molecule has 1 aromatic heterocycles. The van der Waals surface area contributed by atoms with Crippen molar-refractivity contribution < 1.29 is 4.79 Å². The zero-order chi connectivity index (χ0) is 19.2. The Kier molecular flexibility index (Phi) is 5.80. The Hall–Kier alpha value is -3.23. The van der Waals surface area contributed by atoms with Gasteiger partial charge >= 0.3 is 0 Å². The van der Waals surface area contributed by atoms with Gasteiger partial charge in [0.15, 0.2) is 5.13 Å². The minimum atomic E-state index is -0.450. The molecular weight excluding hydrogens is 354 g/mol. The summed E-state index contributed by atoms with van der Waals surface area (Å²) in [7, 11) is 0. The van der Waals surface area contributed by atoms with Crippen molar-refractivity contribution in [3.05, 3.63) is 87.4 Å². The standard InChI is InChI=1S/C22H19N3OS/c1-15-3-7-17(8-4-15)11-19(13-23)21(26)25-22-24-14-20(27-22)12-18-9-5-16(2)6-10-18/h3-11,14H,12H2,1-2H3,(H,24,25,26)/b19-11+. The summed E-state index contributed by atoms with van der Waals surface area (Å²) in [6, 6.07) is 17.9. The molecule has 0 atom stereocenters. The number of nitrogens with zero attached hydrogens (tertiary/aromatic N) is 2. The highest BCUT2D eigenvalue weighted by Gasteiger charge is 2.12. The summed E-state index contributed by atoms with van der Waals surface area (Å²) in [5.41, 5.74) is 4.40. The van der Waals surface area contributed by atoms with Crippen molar-refractivity contribution in [3.63, 3.8) is 0 Å². The molecule has 0 fully saturated rings. The quantitative estimate of drug-likeness (QED) is 0.511. The Morgan fingerprint density at radius 1 is 1.11 bits per heavy atom. The summed E-state index contributed by atoms with van der Waals surface area (Å²) in [5, 5.41) is 12.5. The van der Waals surface area contributed by atoms with E-state index in [1.165, 1.54) is 22.5 Å². The van der Waals surface area contributed by atoms with Gasteiger partial charge in [-0.2, -0.15) is 5.26 Å². The number of nitriles is 1. The third-order valence-corrected chi connectivity index (χ3v) is 4.94. The Morgan fingerprint density at radius 3 is 2.37 bits per heavy atom. The summed E-state index contributed by atoms with van der Waals surface area (Å²) >= 11 is 1.42. The molecule has 3 rings (SSSR count). The van der Waals surface area contributed by atoms with E-state index in [4.69, 9.17) is 0 Å². The van der Waals surface area contributed by atoms with Gasteiger partial charge in [-0.3, -0.25) is 10.1 Å². The van der Waals surface area contributed by atoms with E-state index < -0.39 is 5.91 Å². The first-order chi connectivity index (χ1) is 13.0. The number of carbonyl (C=O) groups is 1. The molecule has 134 valence electrons. The van der Waals surface area contributed by atoms with Crippen molar-refractivity contribution in [2.45, 2.75) is 20.3 Å². The molecule has 5 heteroatoms. The minimum absolute atomic E-state index is 0.0501. The number of aromatic nitrogens is 1. The van der Waals surface area contributed by atoms with E-state index in [2.05, 4.69) is 41.5 Å². The number of hydrogen-bond donors (Lipinski definition) is 1. The molecule has 0 unspecified atom stereocenters. The van der Waals surface area contributed by atoms with Gasteiger partial charge < -0.3 is 0 Å². The van der Waals surface area contributed by atoms with Crippen LogP contribution < -0.4 is 5.32 Å². The molecule has 27 heavy (non-hydrogen) atoms. The van der Waals surface area contributed by atoms with Crippen molar-refractivity contribution in [2.24, 2.45) is 0 Å². The third kappa shape index (κ3) is 5.13. The Labute approximate surface area is 162 Å². The molecule has 0 aliphatic carbocycles. The fraction of sp³-hybridized carbons (Fsp3) is 0.136. The lowest BCUT2D eigenvalue weighted by molar-refractivity contribution is -0.112. The van der Waals surface area contributed by atoms with Gasteiger partial charge in [-0.15, -0.1) is 11.3 Å². The van der Waals surface area contributed by atoms with E-state index in [1.807, 2.05) is 37.3 Å². The number of anilines is 1. The van der Waals surface area contributed by atoms with Crippen LogP contribution in [0.4, 0.5) is 5.13 Å². The maximum Gasteiger partial charge on any atom is 0.268 e. The maximum atomic E-state index is 12.4. The van der Waals surface area contributed by atoms with Crippen LogP contribution in [0.25, 0.3) is 6.08 Å². The molecule has 2 aromatic carbocycles. The van der Waals surface area contributed by atoms with E-state index >= 15 is 0 Å². The highest BCUT2D eigenvalue weighted by molar-refractivity contribution is 7.15. The van der Waals surface area contributed by atoms with Crippen LogP contribution in [-0.2, 0) is 11.2 Å². The Morgan fingerprint density at radius 2 is 1.74 bits per heavy atom. The second kappa shape index (κ2) is 8.43. The molecule has 1 heterocycles. The molecule has 1 N–H and O–H groups in total. The molecule has 4 nitrogen and oxygen atoms in total. The van der Waals surface area contributed by atoms with E-state index in [0.29, 0.717) is 5.13 Å². The van der Waals surface area contributed by atoms with Gasteiger partial charge in [0.2, 0.25) is 0 Å². The summed E-state index contributed by atoms with van der Waals surface area (Å²) < 4.78 is 0. The lowest BCUT2D eigenvalue weighted by Gasteiger charge is -2.01. The lowest BCUT2D eigenvalue weighted by atomic mass is 10.1. The first-order valence-corrected chi connectivity index (χ1v) is 9.35. The fourth-order valence-corrected chi connectivity index (χ4v) is 3.34. The number of rotatable bonds is 5. The average molecular weight is 373 g/mol. The summed E-state index contributed by atoms with van der Waals surface area (Å²) in [5.74, 6) is -0.450. The largest absolute Gasteiger partial charge is 0.297 e. The van der Waals surface area contributed by atoms with Crippen LogP contribution in [0.5, 0.6) is 0 Å². The number of benzene rings is 2. The normalized spacial score (nSPS) is 11.1. The van der Waals surface area contributed by atoms with Gasteiger partial charge in [-0.05, 0) is 31.1 Å². The molecule has 0 radical (unpaired) electrons. The first kappa shape index (κ1) is 18.6. The number of nitrogens with one attached hydrogen (secondary N) is 1. The lowest BCUT2D eigenvalue weighted by Crippen LogP contribution is -2.13. The zero-order valence-electron chi connectivity index (χ0n) is 15.2. The van der Waals surface area contributed by atoms with Crippen molar-refractivity contribution in [1.29, 1.82) is 5.26 Å². The minimum Gasteiger partial charge on any atom is -0.297 e. The van der Waals surface area contributed by atoms with Gasteiger partial charge in [0.05, 0.1) is 0 Å². The second-order valence-corrected chi connectivity index (χ2v) is 7.44. The van der Waals surface area contributed by atoms with Gasteiger partial charge in [-0.25, -0.2) is 4.98 Å². The fourth-order valence-electron chi connectivity index (χ4n) is 2.50. The predicted octanol–water partition coefficient (Wildman–Crippen LogP) is 4.90. The third-order valence-electron chi connectivity index (χ3n) is 4.03. The Bertz CT molecular complexity index is 1010. The molecule has 0 bridgehead atoms. The van der Waals surface area contributed by atoms with Gasteiger partial charge in [0.25, 0.3) is 5.91 Å². The topological polar surface area (TPSA) is 65.8 Å². The van der Waals surface area contributed by atoms with Crippen LogP contribution in [-0.4, -0.2) is 10.9 Å². The molecule has 0 saturated heterocycles. The number of amides is 1. The highest BCUT2D eigenvalue weighted by atomic mass is 32.1. The van der Waals surface area contributed by atoms with Crippen LogP contribution >= 0.6 is 11.3 Å². The summed E-state index contributed by atoms with van der Waals surface area (Å²) in [6.45, 7) is 4.04. The second-order valence-electron chi connectivity index (χ2n) is 6.33. The first-order valence-electron chi connectivity index (χ1n) is 8.53. The van der Waals surface area contributed by atoms with E-state index in [0.717, 1.165) is 22.4 Å². The number of carbonyl (C=O) groups excluding carboxylic acids is 1. The molecule has 0 aliphatic heterocycles. The monoisotopic (exact) mass is 373 g/mol. The smallest absolute Gasteiger partial charge is 0.268 e. The van der Waals surface area contributed by atoms with E-state index in [1.54, 1.807) is 12.3 Å². The maximum absolute atomic E-state index is 12.4. The number of thiazole rings is 1. The Balaban J connectivity index is 1.68. The van der Waals surface area contributed by atoms with Crippen molar-refractivity contribution in [1.82, 2.24) is 4.98 Å². The number of hydrogen-bond acceptors (Lipinski definition) is 4. The predicted molar refractivity (Wildman–Crippen MR) is 109 cm³/mol. The van der Waals surface area contributed by atoms with Gasteiger partial charge in [-0.1, -0.05) is 59.7 Å². The van der Waals surface area contributed by atoms with Crippen LogP contribution in [0, 0.1) is 25.2 Å². The van der Waals surface area contributed by atoms with Crippen molar-refractivity contribution in [3.8, 4) is 6.07 Å². The van der Waals surface area contributed by atoms with Crippen LogP contribution in [0.15, 0.2) is 60.3 Å². The van der Waals surface area contributed by atoms with Crippen LogP contribution in [0.1, 0.15) is 27.1 Å². The molecule has 0 aliphatic rings. The molecule has 3 aromatic rings. The molecular formula is C22H19N3OS. The van der Waals surface area contributed by atoms with E-state index in [9.17, 15) is 10.1 Å². The van der Waals surface area contributed by atoms with Crippen LogP contribution in [0.2, 0.25) is 0 Å². The van der Waals surface area contributed by atoms with Gasteiger partial charge in [0, 0.05) is 17.5 Å². The molecule has 1 amide bonds. The SMILES string of the molecule is Cc1ccc(/C=C(\C#N)C(=O)Nc2ncc(Cc3ccc(C)cc3)s2)cc1. The van der Waals surface area contributed by atoms with Crippen molar-refractivity contribution >= 4 is 28.5 Å². The molecule has 0 saturated carbocycles. The average Bonchev–Trinajstić information content (AvgIpc) is 3.10. The van der Waals surface area contributed by atoms with E-state index in [-0.39, 0.29) is 5.57 Å². The summed E-state index contributed by atoms with van der Waals surface area (Å²) in [6.07, 6.45) is 4.10. The van der Waals surface area contributed by atoms with Gasteiger partial charge in [0.1, 0.15) is 11.6 Å². The highest BCUT2D eigenvalue weighted by Crippen LogP contribution is 2.22. The number of aryl methyl sites for hydroxylation is 2. The zero-order valence-corrected chi connectivity index (χ0v) is 16.0. The van der Waals surface area contributed by atoms with Crippen LogP contribution in [0.3, 0.4) is 0 Å². The van der Waals surface area contributed by atoms with Crippen molar-refractivity contribution in [2.75, 3.05) is 5.32 Å². The summed E-state index contributed by atoms with van der Waals surface area (Å²) in [4.78, 5) is 17.7. The molecule has 0 spiro atoms.